The van der Waals surface area contributed by atoms with E-state index in [0.29, 0.717) is 19.1 Å². The molecule has 4 heteroatoms. The van der Waals surface area contributed by atoms with Crippen molar-refractivity contribution in [3.63, 3.8) is 0 Å². The molecular weight excluding hydrogens is 166 g/mol. The van der Waals surface area contributed by atoms with Gasteiger partial charge in [0.2, 0.25) is 5.91 Å². The number of amides is 1. The fraction of sp³-hybridized carbons (Fsp3) is 0.889. The van der Waals surface area contributed by atoms with Crippen LogP contribution in [0, 0.1) is 5.92 Å². The van der Waals surface area contributed by atoms with E-state index < -0.39 is 0 Å². The van der Waals surface area contributed by atoms with E-state index in [2.05, 4.69) is 10.6 Å². The van der Waals surface area contributed by atoms with Crippen LogP contribution in [0.15, 0.2) is 0 Å². The average Bonchev–Trinajstić information content (AvgIpc) is 2.61. The first-order valence-electron chi connectivity index (χ1n) is 4.94. The third-order valence-electron chi connectivity index (χ3n) is 2.67. The topological polar surface area (TPSA) is 67.2 Å². The third kappa shape index (κ3) is 2.67. The predicted octanol–water partition coefficient (Wildman–Crippen LogP) is -0.551. The summed E-state index contributed by atoms with van der Waals surface area (Å²) >= 11 is 0. The third-order valence-corrected chi connectivity index (χ3v) is 2.67. The van der Waals surface area contributed by atoms with Crippen molar-refractivity contribution >= 4 is 5.91 Å². The van der Waals surface area contributed by atoms with Gasteiger partial charge in [-0.2, -0.15) is 0 Å². The first-order valence-corrected chi connectivity index (χ1v) is 4.94. The van der Waals surface area contributed by atoms with Gasteiger partial charge in [-0.05, 0) is 19.9 Å². The maximum absolute atomic E-state index is 11.6. The molecule has 0 aliphatic heterocycles. The van der Waals surface area contributed by atoms with Crippen LogP contribution in [0.2, 0.25) is 0 Å². The van der Waals surface area contributed by atoms with E-state index in [-0.39, 0.29) is 11.8 Å². The summed E-state index contributed by atoms with van der Waals surface area (Å²) < 4.78 is 0. The van der Waals surface area contributed by atoms with Crippen molar-refractivity contribution < 1.29 is 4.79 Å². The van der Waals surface area contributed by atoms with Gasteiger partial charge in [-0.1, -0.05) is 6.42 Å². The fourth-order valence-corrected chi connectivity index (χ4v) is 1.95. The second-order valence-electron chi connectivity index (χ2n) is 3.51. The Morgan fingerprint density at radius 1 is 1.54 bits per heavy atom. The number of hydrogen-bond acceptors (Lipinski definition) is 3. The summed E-state index contributed by atoms with van der Waals surface area (Å²) in [5.74, 6) is 0.304. The molecule has 0 spiro atoms. The number of nitrogens with one attached hydrogen (secondary N) is 2. The normalized spacial score (nSPS) is 27.5. The minimum absolute atomic E-state index is 0.150. The molecule has 1 rings (SSSR count). The Kier molecular flexibility index (Phi) is 4.18. The van der Waals surface area contributed by atoms with Crippen molar-refractivity contribution in [3.8, 4) is 0 Å². The summed E-state index contributed by atoms with van der Waals surface area (Å²) in [5.41, 5.74) is 5.31. The van der Waals surface area contributed by atoms with Gasteiger partial charge in [-0.25, -0.2) is 0 Å². The van der Waals surface area contributed by atoms with Crippen LogP contribution in [-0.2, 0) is 4.79 Å². The van der Waals surface area contributed by atoms with Gasteiger partial charge < -0.3 is 16.4 Å². The van der Waals surface area contributed by atoms with Gasteiger partial charge in [0.15, 0.2) is 0 Å². The molecule has 4 N–H and O–H groups in total. The van der Waals surface area contributed by atoms with Crippen LogP contribution in [-0.4, -0.2) is 32.1 Å². The Morgan fingerprint density at radius 3 is 2.92 bits per heavy atom. The molecule has 0 saturated heterocycles. The van der Waals surface area contributed by atoms with E-state index >= 15 is 0 Å². The van der Waals surface area contributed by atoms with Gasteiger partial charge in [-0.15, -0.1) is 0 Å². The minimum Gasteiger partial charge on any atom is -0.355 e. The zero-order chi connectivity index (χ0) is 9.68. The van der Waals surface area contributed by atoms with Gasteiger partial charge in [0, 0.05) is 19.1 Å². The Bertz CT molecular complexity index is 172. The van der Waals surface area contributed by atoms with E-state index in [4.69, 9.17) is 5.73 Å². The lowest BCUT2D eigenvalue weighted by Gasteiger charge is -2.17. The molecule has 13 heavy (non-hydrogen) atoms. The molecule has 4 nitrogen and oxygen atoms in total. The average molecular weight is 185 g/mol. The summed E-state index contributed by atoms with van der Waals surface area (Å²) in [7, 11) is 1.92. The van der Waals surface area contributed by atoms with E-state index in [1.807, 2.05) is 7.05 Å². The molecule has 0 aromatic rings. The molecule has 0 bridgehead atoms. The Balaban J connectivity index is 2.36. The zero-order valence-electron chi connectivity index (χ0n) is 8.18. The molecule has 0 aromatic carbocycles. The molecule has 0 radical (unpaired) electrons. The van der Waals surface area contributed by atoms with Crippen LogP contribution in [0.4, 0.5) is 0 Å². The first kappa shape index (κ1) is 10.5. The van der Waals surface area contributed by atoms with Crippen LogP contribution >= 0.6 is 0 Å². The van der Waals surface area contributed by atoms with Crippen LogP contribution in [0.1, 0.15) is 19.3 Å². The zero-order valence-corrected chi connectivity index (χ0v) is 8.18. The molecular formula is C9H19N3O. The van der Waals surface area contributed by atoms with Crippen molar-refractivity contribution in [2.75, 3.05) is 20.1 Å². The van der Waals surface area contributed by atoms with Crippen LogP contribution < -0.4 is 16.4 Å². The largest absolute Gasteiger partial charge is 0.355 e. The summed E-state index contributed by atoms with van der Waals surface area (Å²) in [4.78, 5) is 11.6. The molecule has 76 valence electrons. The number of nitrogens with two attached hydrogens (primary N) is 1. The summed E-state index contributed by atoms with van der Waals surface area (Å²) in [6.45, 7) is 1.11. The standard InChI is InChI=1S/C9H19N3O/c1-11-8-4-2-3-7(8)9(13)12-6-5-10/h7-8,11H,2-6,10H2,1H3,(H,12,13). The smallest absolute Gasteiger partial charge is 0.224 e. The summed E-state index contributed by atoms with van der Waals surface area (Å²) in [6.07, 6.45) is 3.26. The Morgan fingerprint density at radius 2 is 2.31 bits per heavy atom. The second kappa shape index (κ2) is 5.19. The maximum atomic E-state index is 11.6. The van der Waals surface area contributed by atoms with E-state index in [0.717, 1.165) is 19.3 Å². The molecule has 2 unspecified atom stereocenters. The lowest BCUT2D eigenvalue weighted by atomic mass is 10.0. The summed E-state index contributed by atoms with van der Waals surface area (Å²) in [5, 5.41) is 6.01. The molecule has 0 aromatic heterocycles. The maximum Gasteiger partial charge on any atom is 0.224 e. The number of carbonyl (C=O) groups excluding carboxylic acids is 1. The number of hydrogen-bond donors (Lipinski definition) is 3. The van der Waals surface area contributed by atoms with Gasteiger partial charge in [0.25, 0.3) is 0 Å². The van der Waals surface area contributed by atoms with Crippen LogP contribution in [0.25, 0.3) is 0 Å². The highest BCUT2D eigenvalue weighted by Crippen LogP contribution is 2.25. The van der Waals surface area contributed by atoms with Crippen molar-refractivity contribution in [2.24, 2.45) is 11.7 Å². The lowest BCUT2D eigenvalue weighted by molar-refractivity contribution is -0.125. The van der Waals surface area contributed by atoms with Crippen LogP contribution in [0.3, 0.4) is 0 Å². The van der Waals surface area contributed by atoms with Gasteiger partial charge >= 0.3 is 0 Å². The van der Waals surface area contributed by atoms with Crippen molar-refractivity contribution in [1.29, 1.82) is 0 Å². The SMILES string of the molecule is CNC1CCCC1C(=O)NCCN. The van der Waals surface area contributed by atoms with Crippen molar-refractivity contribution in [2.45, 2.75) is 25.3 Å². The molecule has 2 atom stereocenters. The molecule has 1 aliphatic carbocycles. The van der Waals surface area contributed by atoms with E-state index in [1.165, 1.54) is 0 Å². The fourth-order valence-electron chi connectivity index (χ4n) is 1.95. The Labute approximate surface area is 79.3 Å². The molecule has 1 amide bonds. The van der Waals surface area contributed by atoms with E-state index in [1.54, 1.807) is 0 Å². The molecule has 0 heterocycles. The molecule has 1 fully saturated rings. The summed E-state index contributed by atoms with van der Waals surface area (Å²) in [6, 6.07) is 0.359. The molecule has 1 aliphatic rings. The lowest BCUT2D eigenvalue weighted by Crippen LogP contribution is -2.41. The van der Waals surface area contributed by atoms with Gasteiger partial charge in [-0.3, -0.25) is 4.79 Å². The van der Waals surface area contributed by atoms with Crippen molar-refractivity contribution in [1.82, 2.24) is 10.6 Å². The molecule has 1 saturated carbocycles. The highest BCUT2D eigenvalue weighted by Gasteiger charge is 2.31. The number of rotatable bonds is 4. The van der Waals surface area contributed by atoms with Crippen molar-refractivity contribution in [3.05, 3.63) is 0 Å². The number of carbonyl (C=O) groups is 1. The highest BCUT2D eigenvalue weighted by molar-refractivity contribution is 5.79. The minimum atomic E-state index is 0.150. The van der Waals surface area contributed by atoms with Gasteiger partial charge in [0.05, 0.1) is 5.92 Å². The quantitative estimate of drug-likeness (QED) is 0.550. The van der Waals surface area contributed by atoms with Crippen LogP contribution in [0.5, 0.6) is 0 Å². The van der Waals surface area contributed by atoms with E-state index in [9.17, 15) is 4.79 Å². The highest BCUT2D eigenvalue weighted by atomic mass is 16.1. The van der Waals surface area contributed by atoms with Gasteiger partial charge in [0.1, 0.15) is 0 Å². The first-order chi connectivity index (χ1) is 6.29. The Hall–Kier alpha value is -0.610. The monoisotopic (exact) mass is 185 g/mol. The second-order valence-corrected chi connectivity index (χ2v) is 3.51. The predicted molar refractivity (Wildman–Crippen MR) is 52.3 cm³/mol.